The molecule has 0 unspecified atom stereocenters. The van der Waals surface area contributed by atoms with E-state index in [9.17, 15) is 4.79 Å². The highest BCUT2D eigenvalue weighted by molar-refractivity contribution is 6.31. The second kappa shape index (κ2) is 3.48. The predicted molar refractivity (Wildman–Crippen MR) is 54.5 cm³/mol. The van der Waals surface area contributed by atoms with E-state index in [2.05, 4.69) is 4.98 Å². The Balaban J connectivity index is 2.84. The zero-order valence-corrected chi connectivity index (χ0v) is 8.29. The van der Waals surface area contributed by atoms with Crippen molar-refractivity contribution in [3.63, 3.8) is 0 Å². The minimum atomic E-state index is -0.549. The van der Waals surface area contributed by atoms with E-state index in [4.69, 9.17) is 27.6 Å². The first-order chi connectivity index (χ1) is 6.72. The summed E-state index contributed by atoms with van der Waals surface area (Å²) in [5.41, 5.74) is 1.92. The molecule has 0 amide bonds. The van der Waals surface area contributed by atoms with Crippen LogP contribution in [0.3, 0.4) is 0 Å². The Morgan fingerprint density at radius 2 is 2.36 bits per heavy atom. The third kappa shape index (κ3) is 1.42. The molecule has 6 heteroatoms. The number of halogens is 2. The van der Waals surface area contributed by atoms with Crippen molar-refractivity contribution >= 4 is 40.6 Å². The van der Waals surface area contributed by atoms with Crippen LogP contribution in [0.1, 0.15) is 0 Å². The average molecular weight is 231 g/mol. The molecule has 4 nitrogen and oxygen atoms in total. The van der Waals surface area contributed by atoms with E-state index >= 15 is 0 Å². The number of pyridine rings is 1. The molecule has 0 atom stereocenters. The monoisotopic (exact) mass is 230 g/mol. The molecule has 0 saturated carbocycles. The summed E-state index contributed by atoms with van der Waals surface area (Å²) in [6, 6.07) is 1.52. The van der Waals surface area contributed by atoms with Crippen LogP contribution in [0.2, 0.25) is 5.02 Å². The predicted octanol–water partition coefficient (Wildman–Crippen LogP) is 2.31. The maximum atomic E-state index is 11.2. The van der Waals surface area contributed by atoms with Crippen LogP contribution in [-0.2, 0) is 0 Å². The Labute approximate surface area is 88.4 Å². The van der Waals surface area contributed by atoms with Crippen LogP contribution in [0.4, 0.5) is 0 Å². The minimum Gasteiger partial charge on any atom is -0.406 e. The van der Waals surface area contributed by atoms with Crippen LogP contribution in [0.15, 0.2) is 27.0 Å². The SMILES string of the molecule is O=c1oc2cc(Cl)cnc2n1C=CCl. The maximum absolute atomic E-state index is 11.2. The van der Waals surface area contributed by atoms with Crippen molar-refractivity contribution in [3.05, 3.63) is 33.4 Å². The van der Waals surface area contributed by atoms with Gasteiger partial charge in [0.1, 0.15) is 0 Å². The highest BCUT2D eigenvalue weighted by Crippen LogP contribution is 2.15. The number of rotatable bonds is 1. The zero-order valence-electron chi connectivity index (χ0n) is 6.78. The number of hydrogen-bond acceptors (Lipinski definition) is 3. The van der Waals surface area contributed by atoms with E-state index in [-0.39, 0.29) is 0 Å². The van der Waals surface area contributed by atoms with Crippen LogP contribution in [0.5, 0.6) is 0 Å². The van der Waals surface area contributed by atoms with Gasteiger partial charge in [0.2, 0.25) is 0 Å². The molecule has 0 spiro atoms. The summed E-state index contributed by atoms with van der Waals surface area (Å²) in [6.45, 7) is 0. The van der Waals surface area contributed by atoms with E-state index in [1.165, 1.54) is 28.6 Å². The normalized spacial score (nSPS) is 11.6. The quantitative estimate of drug-likeness (QED) is 0.756. The fourth-order valence-electron chi connectivity index (χ4n) is 1.09. The number of nitrogens with zero attached hydrogens (tertiary/aromatic N) is 2. The number of oxazole rings is 1. The van der Waals surface area contributed by atoms with E-state index in [1.54, 1.807) is 0 Å². The standard InChI is InChI=1S/C8H4Cl2N2O2/c9-1-2-12-7-6(14-8(12)13)3-5(10)4-11-7/h1-4H. The first kappa shape index (κ1) is 9.30. The third-order valence-electron chi connectivity index (χ3n) is 1.63. The molecule has 72 valence electrons. The molecule has 0 saturated heterocycles. The van der Waals surface area contributed by atoms with Gasteiger partial charge in [-0.2, -0.15) is 0 Å². The van der Waals surface area contributed by atoms with Crippen LogP contribution in [0.25, 0.3) is 17.4 Å². The van der Waals surface area contributed by atoms with Crippen molar-refractivity contribution in [1.29, 1.82) is 0 Å². The smallest absolute Gasteiger partial charge is 0.406 e. The van der Waals surface area contributed by atoms with E-state index < -0.39 is 5.76 Å². The van der Waals surface area contributed by atoms with Crippen molar-refractivity contribution in [1.82, 2.24) is 9.55 Å². The fourth-order valence-corrected chi connectivity index (χ4v) is 1.35. The van der Waals surface area contributed by atoms with Crippen molar-refractivity contribution in [2.45, 2.75) is 0 Å². The van der Waals surface area contributed by atoms with Gasteiger partial charge in [0.05, 0.1) is 5.02 Å². The van der Waals surface area contributed by atoms with E-state index in [0.29, 0.717) is 16.3 Å². The summed E-state index contributed by atoms with van der Waals surface area (Å²) in [4.78, 5) is 15.2. The molecule has 14 heavy (non-hydrogen) atoms. The highest BCUT2D eigenvalue weighted by Gasteiger charge is 2.08. The molecule has 0 aliphatic carbocycles. The molecular weight excluding hydrogens is 227 g/mol. The first-order valence-electron chi connectivity index (χ1n) is 3.66. The number of aromatic nitrogens is 2. The Bertz CT molecular complexity index is 556. The third-order valence-corrected chi connectivity index (χ3v) is 1.95. The molecule has 0 bridgehead atoms. The Kier molecular flexibility index (Phi) is 2.31. The molecule has 2 heterocycles. The average Bonchev–Trinajstić information content (AvgIpc) is 2.43. The lowest BCUT2D eigenvalue weighted by Gasteiger charge is -1.90. The van der Waals surface area contributed by atoms with Gasteiger partial charge >= 0.3 is 5.76 Å². The molecule has 0 aromatic carbocycles. The minimum absolute atomic E-state index is 0.331. The Morgan fingerprint density at radius 3 is 3.07 bits per heavy atom. The van der Waals surface area contributed by atoms with Gasteiger partial charge in [-0.15, -0.1) is 0 Å². The van der Waals surface area contributed by atoms with Crippen LogP contribution < -0.4 is 5.76 Å². The lowest BCUT2D eigenvalue weighted by Crippen LogP contribution is -2.07. The summed E-state index contributed by atoms with van der Waals surface area (Å²) in [5, 5.41) is 0.410. The van der Waals surface area contributed by atoms with Gasteiger partial charge in [-0.25, -0.2) is 14.3 Å². The molecule has 2 aromatic heterocycles. The fraction of sp³-hybridized carbons (Fsp3) is 0. The van der Waals surface area contributed by atoms with E-state index in [1.807, 2.05) is 0 Å². The van der Waals surface area contributed by atoms with Gasteiger partial charge in [-0.3, -0.25) is 0 Å². The largest absolute Gasteiger partial charge is 0.425 e. The summed E-state index contributed by atoms with van der Waals surface area (Å²) < 4.78 is 6.08. The van der Waals surface area contributed by atoms with Gasteiger partial charge in [0.15, 0.2) is 11.2 Å². The maximum Gasteiger partial charge on any atom is 0.425 e. The zero-order chi connectivity index (χ0) is 10.1. The lowest BCUT2D eigenvalue weighted by molar-refractivity contribution is 0.544. The van der Waals surface area contributed by atoms with Gasteiger partial charge in [0.25, 0.3) is 0 Å². The van der Waals surface area contributed by atoms with Crippen molar-refractivity contribution in [3.8, 4) is 0 Å². The second-order valence-electron chi connectivity index (χ2n) is 2.49. The van der Waals surface area contributed by atoms with Gasteiger partial charge < -0.3 is 4.42 Å². The molecule has 0 N–H and O–H groups in total. The topological polar surface area (TPSA) is 48.0 Å². The van der Waals surface area contributed by atoms with Crippen molar-refractivity contribution in [2.24, 2.45) is 0 Å². The van der Waals surface area contributed by atoms with Crippen molar-refractivity contribution in [2.75, 3.05) is 0 Å². The molecule has 0 fully saturated rings. The van der Waals surface area contributed by atoms with Crippen LogP contribution in [0, 0.1) is 0 Å². The highest BCUT2D eigenvalue weighted by atomic mass is 35.5. The molecular formula is C8H4Cl2N2O2. The summed E-state index contributed by atoms with van der Waals surface area (Å²) in [5.74, 6) is -0.549. The number of fused-ring (bicyclic) bond motifs is 1. The summed E-state index contributed by atoms with van der Waals surface area (Å²) in [7, 11) is 0. The second-order valence-corrected chi connectivity index (χ2v) is 3.18. The van der Waals surface area contributed by atoms with Crippen LogP contribution in [-0.4, -0.2) is 9.55 Å². The number of hydrogen-bond donors (Lipinski definition) is 0. The van der Waals surface area contributed by atoms with Crippen molar-refractivity contribution < 1.29 is 4.42 Å². The molecule has 0 radical (unpaired) electrons. The van der Waals surface area contributed by atoms with Gasteiger partial charge in [-0.05, 0) is 0 Å². The molecule has 0 aliphatic heterocycles. The summed E-state index contributed by atoms with van der Waals surface area (Å²) >= 11 is 11.0. The molecule has 0 aliphatic rings. The Hall–Kier alpha value is -1.26. The van der Waals surface area contributed by atoms with Gasteiger partial charge in [-0.1, -0.05) is 23.2 Å². The first-order valence-corrected chi connectivity index (χ1v) is 4.47. The lowest BCUT2D eigenvalue weighted by atomic mass is 10.4. The van der Waals surface area contributed by atoms with Crippen LogP contribution >= 0.6 is 23.2 Å². The van der Waals surface area contributed by atoms with E-state index in [0.717, 1.165) is 0 Å². The molecule has 2 aromatic rings. The summed E-state index contributed by atoms with van der Waals surface area (Å²) in [6.07, 6.45) is 2.79. The van der Waals surface area contributed by atoms with Gasteiger partial charge in [0, 0.05) is 24.0 Å². The molecule has 2 rings (SSSR count). The Morgan fingerprint density at radius 1 is 1.57 bits per heavy atom.